The Labute approximate surface area is 114 Å². The van der Waals surface area contributed by atoms with Crippen LogP contribution in [0.2, 0.25) is 0 Å². The van der Waals surface area contributed by atoms with E-state index in [9.17, 15) is 5.11 Å². The van der Waals surface area contributed by atoms with Crippen molar-refractivity contribution < 1.29 is 5.11 Å². The van der Waals surface area contributed by atoms with Crippen LogP contribution in [0.5, 0.6) is 0 Å². The molecule has 1 aliphatic rings. The standard InChI is InChI=1S/C17H19NO/c1-11-6-8-13(9-7-11)17(19)16-12(2)10-14-4-3-5-15(14)18-16/h6-10,17,19H,3-5H2,1-2H3. The summed E-state index contributed by atoms with van der Waals surface area (Å²) < 4.78 is 0. The number of nitrogens with zero attached hydrogens (tertiary/aromatic N) is 1. The minimum absolute atomic E-state index is 0.619. The molecule has 1 N–H and O–H groups in total. The normalized spacial score (nSPS) is 15.3. The summed E-state index contributed by atoms with van der Waals surface area (Å²) in [5.41, 5.74) is 6.55. The molecule has 0 amide bonds. The molecule has 0 aliphatic heterocycles. The van der Waals surface area contributed by atoms with Gasteiger partial charge in [0.05, 0.1) is 5.69 Å². The quantitative estimate of drug-likeness (QED) is 0.891. The predicted molar refractivity (Wildman–Crippen MR) is 76.2 cm³/mol. The van der Waals surface area contributed by atoms with Gasteiger partial charge in [-0.1, -0.05) is 35.9 Å². The summed E-state index contributed by atoms with van der Waals surface area (Å²) in [5, 5.41) is 10.5. The topological polar surface area (TPSA) is 33.1 Å². The van der Waals surface area contributed by atoms with Gasteiger partial charge in [0, 0.05) is 5.69 Å². The van der Waals surface area contributed by atoms with Gasteiger partial charge in [0.1, 0.15) is 6.10 Å². The Morgan fingerprint density at radius 3 is 2.58 bits per heavy atom. The van der Waals surface area contributed by atoms with Crippen LogP contribution in [0.25, 0.3) is 0 Å². The molecule has 1 aliphatic carbocycles. The first-order chi connectivity index (χ1) is 9.15. The van der Waals surface area contributed by atoms with Crippen LogP contribution in [0.4, 0.5) is 0 Å². The molecule has 1 aromatic heterocycles. The molecule has 0 spiro atoms. The number of fused-ring (bicyclic) bond motifs is 1. The van der Waals surface area contributed by atoms with E-state index >= 15 is 0 Å². The Morgan fingerprint density at radius 2 is 1.84 bits per heavy atom. The molecule has 0 radical (unpaired) electrons. The third-order valence-electron chi connectivity index (χ3n) is 3.93. The zero-order chi connectivity index (χ0) is 13.4. The number of pyridine rings is 1. The lowest BCUT2D eigenvalue weighted by molar-refractivity contribution is 0.214. The van der Waals surface area contributed by atoms with Gasteiger partial charge >= 0.3 is 0 Å². The van der Waals surface area contributed by atoms with Crippen molar-refractivity contribution in [1.29, 1.82) is 0 Å². The molecule has 2 aromatic rings. The molecule has 1 heterocycles. The third-order valence-corrected chi connectivity index (χ3v) is 3.93. The summed E-state index contributed by atoms with van der Waals surface area (Å²) in [5.74, 6) is 0. The smallest absolute Gasteiger partial charge is 0.121 e. The first kappa shape index (κ1) is 12.4. The maximum absolute atomic E-state index is 10.5. The maximum Gasteiger partial charge on any atom is 0.121 e. The monoisotopic (exact) mass is 253 g/mol. The Bertz CT molecular complexity index is 601. The van der Waals surface area contributed by atoms with E-state index in [1.807, 2.05) is 31.2 Å². The molecule has 1 unspecified atom stereocenters. The lowest BCUT2D eigenvalue weighted by Crippen LogP contribution is -2.07. The largest absolute Gasteiger partial charge is 0.382 e. The van der Waals surface area contributed by atoms with Crippen molar-refractivity contribution in [1.82, 2.24) is 4.98 Å². The van der Waals surface area contributed by atoms with E-state index in [4.69, 9.17) is 4.98 Å². The van der Waals surface area contributed by atoms with Crippen LogP contribution in [-0.2, 0) is 12.8 Å². The molecular weight excluding hydrogens is 234 g/mol. The minimum Gasteiger partial charge on any atom is -0.382 e. The van der Waals surface area contributed by atoms with Gasteiger partial charge in [-0.2, -0.15) is 0 Å². The van der Waals surface area contributed by atoms with Gasteiger partial charge in [-0.15, -0.1) is 0 Å². The van der Waals surface area contributed by atoms with Gasteiger partial charge in [0.15, 0.2) is 0 Å². The van der Waals surface area contributed by atoms with Crippen LogP contribution in [0, 0.1) is 13.8 Å². The summed E-state index contributed by atoms with van der Waals surface area (Å²) in [7, 11) is 0. The number of hydrogen-bond donors (Lipinski definition) is 1. The summed E-state index contributed by atoms with van der Waals surface area (Å²) in [6, 6.07) is 10.2. The van der Waals surface area contributed by atoms with Crippen LogP contribution in [0.3, 0.4) is 0 Å². The average molecular weight is 253 g/mol. The van der Waals surface area contributed by atoms with E-state index in [1.165, 1.54) is 23.2 Å². The van der Waals surface area contributed by atoms with Crippen LogP contribution in [-0.4, -0.2) is 10.1 Å². The molecular formula is C17H19NO. The molecule has 2 heteroatoms. The van der Waals surface area contributed by atoms with Crippen molar-refractivity contribution in [2.24, 2.45) is 0 Å². The van der Waals surface area contributed by atoms with Gasteiger partial charge in [0.2, 0.25) is 0 Å². The minimum atomic E-state index is -0.619. The zero-order valence-corrected chi connectivity index (χ0v) is 11.5. The number of rotatable bonds is 2. The molecule has 0 fully saturated rings. The SMILES string of the molecule is Cc1ccc(C(O)c2nc3c(cc2C)CCC3)cc1. The fourth-order valence-electron chi connectivity index (χ4n) is 2.79. The Morgan fingerprint density at radius 1 is 1.11 bits per heavy atom. The fraction of sp³-hybridized carbons (Fsp3) is 0.353. The number of aryl methyl sites for hydroxylation is 4. The molecule has 19 heavy (non-hydrogen) atoms. The van der Waals surface area contributed by atoms with Crippen molar-refractivity contribution in [3.05, 3.63) is 64.0 Å². The average Bonchev–Trinajstić information content (AvgIpc) is 2.85. The molecule has 1 atom stereocenters. The maximum atomic E-state index is 10.5. The molecule has 0 saturated heterocycles. The van der Waals surface area contributed by atoms with E-state index in [-0.39, 0.29) is 0 Å². The van der Waals surface area contributed by atoms with Crippen LogP contribution in [0.15, 0.2) is 30.3 Å². The highest BCUT2D eigenvalue weighted by molar-refractivity contribution is 5.37. The highest BCUT2D eigenvalue weighted by Crippen LogP contribution is 2.28. The van der Waals surface area contributed by atoms with Crippen molar-refractivity contribution in [2.45, 2.75) is 39.2 Å². The molecule has 1 aromatic carbocycles. The second-order valence-corrected chi connectivity index (χ2v) is 5.46. The van der Waals surface area contributed by atoms with E-state index < -0.39 is 6.10 Å². The lowest BCUT2D eigenvalue weighted by Gasteiger charge is -2.15. The number of aliphatic hydroxyl groups excluding tert-OH is 1. The van der Waals surface area contributed by atoms with E-state index in [0.29, 0.717) is 0 Å². The Balaban J connectivity index is 1.99. The lowest BCUT2D eigenvalue weighted by atomic mass is 10.00. The van der Waals surface area contributed by atoms with Crippen molar-refractivity contribution in [3.63, 3.8) is 0 Å². The molecule has 98 valence electrons. The Hall–Kier alpha value is -1.67. The first-order valence-electron chi connectivity index (χ1n) is 6.89. The van der Waals surface area contributed by atoms with Crippen molar-refractivity contribution in [3.8, 4) is 0 Å². The van der Waals surface area contributed by atoms with E-state index in [1.54, 1.807) is 0 Å². The van der Waals surface area contributed by atoms with Gasteiger partial charge in [-0.3, -0.25) is 4.98 Å². The summed E-state index contributed by atoms with van der Waals surface area (Å²) in [6.07, 6.45) is 2.74. The number of hydrogen-bond acceptors (Lipinski definition) is 2. The number of aromatic nitrogens is 1. The van der Waals surface area contributed by atoms with Gasteiger partial charge in [0.25, 0.3) is 0 Å². The molecule has 2 nitrogen and oxygen atoms in total. The number of benzene rings is 1. The third kappa shape index (κ3) is 2.28. The highest BCUT2D eigenvalue weighted by atomic mass is 16.3. The van der Waals surface area contributed by atoms with Crippen LogP contribution >= 0.6 is 0 Å². The first-order valence-corrected chi connectivity index (χ1v) is 6.89. The van der Waals surface area contributed by atoms with Crippen molar-refractivity contribution in [2.75, 3.05) is 0 Å². The molecule has 0 bridgehead atoms. The zero-order valence-electron chi connectivity index (χ0n) is 11.5. The van der Waals surface area contributed by atoms with Crippen LogP contribution < -0.4 is 0 Å². The second-order valence-electron chi connectivity index (χ2n) is 5.46. The Kier molecular flexibility index (Phi) is 3.11. The highest BCUT2D eigenvalue weighted by Gasteiger charge is 2.19. The van der Waals surface area contributed by atoms with Gasteiger partial charge in [-0.05, 0) is 49.8 Å². The fourth-order valence-corrected chi connectivity index (χ4v) is 2.79. The van der Waals surface area contributed by atoms with Crippen molar-refractivity contribution >= 4 is 0 Å². The molecule has 3 rings (SSSR count). The van der Waals surface area contributed by atoms with Gasteiger partial charge in [-0.25, -0.2) is 0 Å². The number of aliphatic hydroxyl groups is 1. The predicted octanol–water partition coefficient (Wildman–Crippen LogP) is 3.27. The van der Waals surface area contributed by atoms with Gasteiger partial charge < -0.3 is 5.11 Å². The second kappa shape index (κ2) is 4.78. The van der Waals surface area contributed by atoms with E-state index in [2.05, 4.69) is 13.0 Å². The molecule has 0 saturated carbocycles. The summed E-state index contributed by atoms with van der Waals surface area (Å²) in [6.45, 7) is 4.09. The summed E-state index contributed by atoms with van der Waals surface area (Å²) in [4.78, 5) is 4.70. The van der Waals surface area contributed by atoms with E-state index in [0.717, 1.165) is 29.7 Å². The summed E-state index contributed by atoms with van der Waals surface area (Å²) >= 11 is 0. The van der Waals surface area contributed by atoms with Crippen LogP contribution in [0.1, 0.15) is 46.2 Å².